The molecule has 2 aliphatic carbocycles. The van der Waals surface area contributed by atoms with Gasteiger partial charge in [0, 0.05) is 16.2 Å². The average molecular weight is 727 g/mol. The number of hydrogen-bond donors (Lipinski definition) is 0. The molecule has 0 saturated heterocycles. The first-order valence-electron chi connectivity index (χ1n) is 19.7. The van der Waals surface area contributed by atoms with Crippen molar-refractivity contribution < 1.29 is 0 Å². The standard InChI is InChI=1S/C53H34N4/c1-4-16-33(17-5-1)45-41-27-14-22-35-30-31-44-50(47(35)41)48-42(46(45)34-18-6-2-7-19-34)28-15-29-43(48)57(44)51-40-26-13-11-24-38(40)37-23-10-12-25-39(37)49(51)53-55-32-54-52(56-53)36-20-8-3-9-21-36/h1-8,10-20,22-32H,9,21H2. The summed E-state index contributed by atoms with van der Waals surface area (Å²) in [6.07, 6.45) is 10.0. The highest BCUT2D eigenvalue weighted by molar-refractivity contribution is 6.32. The van der Waals surface area contributed by atoms with Crippen molar-refractivity contribution in [1.29, 1.82) is 0 Å². The van der Waals surface area contributed by atoms with Crippen molar-refractivity contribution in [3.8, 4) is 17.1 Å². The zero-order chi connectivity index (χ0) is 37.5. The zero-order valence-electron chi connectivity index (χ0n) is 31.0. The lowest BCUT2D eigenvalue weighted by Crippen LogP contribution is -2.05. The van der Waals surface area contributed by atoms with Gasteiger partial charge in [0.1, 0.15) is 6.33 Å². The van der Waals surface area contributed by atoms with E-state index < -0.39 is 0 Å². The minimum Gasteiger partial charge on any atom is -0.308 e. The lowest BCUT2D eigenvalue weighted by molar-refractivity contribution is 0.972. The second-order valence-corrected chi connectivity index (χ2v) is 15.0. The quantitative estimate of drug-likeness (QED) is 0.166. The van der Waals surface area contributed by atoms with Crippen LogP contribution in [0.3, 0.4) is 0 Å². The number of rotatable bonds is 5. The Labute approximate surface area is 329 Å². The molecule has 0 bridgehead atoms. The van der Waals surface area contributed by atoms with Crippen LogP contribution in [0.2, 0.25) is 0 Å². The van der Waals surface area contributed by atoms with E-state index in [0.717, 1.165) is 57.3 Å². The Morgan fingerprint density at radius 2 is 1.09 bits per heavy atom. The van der Waals surface area contributed by atoms with Gasteiger partial charge in [-0.15, -0.1) is 0 Å². The second-order valence-electron chi connectivity index (χ2n) is 15.0. The summed E-state index contributed by atoms with van der Waals surface area (Å²) in [4.78, 5) is 15.0. The van der Waals surface area contributed by atoms with E-state index in [1.54, 1.807) is 6.33 Å². The number of nitrogens with zero attached hydrogens (tertiary/aromatic N) is 4. The van der Waals surface area contributed by atoms with Gasteiger partial charge in [-0.25, -0.2) is 15.0 Å². The maximum absolute atomic E-state index is 5.30. The monoisotopic (exact) mass is 726 g/mol. The average Bonchev–Trinajstić information content (AvgIpc) is 3.56. The molecular weight excluding hydrogens is 693 g/mol. The Morgan fingerprint density at radius 3 is 1.81 bits per heavy atom. The van der Waals surface area contributed by atoms with Gasteiger partial charge in [-0.3, -0.25) is 0 Å². The normalized spacial score (nSPS) is 13.8. The first-order valence-corrected chi connectivity index (χ1v) is 19.7. The first kappa shape index (κ1) is 31.9. The van der Waals surface area contributed by atoms with E-state index in [0.29, 0.717) is 5.82 Å². The molecule has 0 radical (unpaired) electrons. The largest absolute Gasteiger partial charge is 0.308 e. The molecule has 2 heterocycles. The predicted molar refractivity (Wildman–Crippen MR) is 236 cm³/mol. The van der Waals surface area contributed by atoms with Crippen LogP contribution >= 0.6 is 0 Å². The van der Waals surface area contributed by atoms with Crippen molar-refractivity contribution in [2.45, 2.75) is 12.8 Å². The highest BCUT2D eigenvalue weighted by Crippen LogP contribution is 2.51. The van der Waals surface area contributed by atoms with Gasteiger partial charge >= 0.3 is 0 Å². The smallest absolute Gasteiger partial charge is 0.166 e. The van der Waals surface area contributed by atoms with E-state index in [4.69, 9.17) is 15.0 Å². The van der Waals surface area contributed by atoms with Gasteiger partial charge in [0.2, 0.25) is 0 Å². The Hall–Kier alpha value is -7.43. The summed E-state index contributed by atoms with van der Waals surface area (Å²) < 4.78 is 2.51. The molecule has 0 unspecified atom stereocenters. The fourth-order valence-corrected chi connectivity index (χ4v) is 9.60. The molecule has 8 aromatic carbocycles. The molecule has 0 aliphatic heterocycles. The highest BCUT2D eigenvalue weighted by Gasteiger charge is 2.30. The molecule has 0 atom stereocenters. The van der Waals surface area contributed by atoms with Gasteiger partial charge in [-0.2, -0.15) is 0 Å². The molecular formula is C53H34N4. The van der Waals surface area contributed by atoms with E-state index in [1.807, 2.05) is 0 Å². The van der Waals surface area contributed by atoms with Crippen molar-refractivity contribution in [2.24, 2.45) is 0 Å². The second kappa shape index (κ2) is 12.6. The van der Waals surface area contributed by atoms with Crippen molar-refractivity contribution in [3.63, 3.8) is 0 Å². The van der Waals surface area contributed by atoms with Crippen molar-refractivity contribution >= 4 is 70.8 Å². The summed E-state index contributed by atoms with van der Waals surface area (Å²) >= 11 is 0. The van der Waals surface area contributed by atoms with Gasteiger partial charge in [-0.1, -0.05) is 164 Å². The summed E-state index contributed by atoms with van der Waals surface area (Å²) in [5, 5.41) is 9.60. The van der Waals surface area contributed by atoms with Crippen LogP contribution in [0, 0.1) is 0 Å². The molecule has 0 N–H and O–H groups in total. The molecule has 57 heavy (non-hydrogen) atoms. The van der Waals surface area contributed by atoms with E-state index in [-0.39, 0.29) is 0 Å². The highest BCUT2D eigenvalue weighted by atomic mass is 15.0. The van der Waals surface area contributed by atoms with Gasteiger partial charge in [-0.05, 0) is 90.9 Å². The van der Waals surface area contributed by atoms with Gasteiger partial charge in [0.25, 0.3) is 0 Å². The number of allylic oxidation sites excluding steroid dienone is 4. The third-order valence-corrected chi connectivity index (χ3v) is 11.9. The van der Waals surface area contributed by atoms with E-state index in [1.165, 1.54) is 65.7 Å². The summed E-state index contributed by atoms with van der Waals surface area (Å²) in [7, 11) is 0. The van der Waals surface area contributed by atoms with Crippen LogP contribution in [0.5, 0.6) is 0 Å². The van der Waals surface area contributed by atoms with Crippen LogP contribution in [0.15, 0.2) is 182 Å². The minimum absolute atomic E-state index is 0.670. The molecule has 0 spiro atoms. The summed E-state index contributed by atoms with van der Waals surface area (Å²) in [5.74, 6) is 1.40. The van der Waals surface area contributed by atoms with E-state index >= 15 is 0 Å². The number of aromatic nitrogens is 4. The molecule has 2 aliphatic rings. The fourth-order valence-electron chi connectivity index (χ4n) is 9.60. The van der Waals surface area contributed by atoms with Crippen LogP contribution < -0.4 is 0 Å². The SMILES string of the molecule is C1=CCCC(c2ncnc(-c3c(-n4c5cccc6c5c5c7c(cccc7ccc54)C(c4ccccc4)=C6c4ccccc4)c4ccccc4c4ccccc34)n2)=C1. The third kappa shape index (κ3) is 4.71. The van der Waals surface area contributed by atoms with Crippen LogP contribution in [0.25, 0.3) is 87.9 Å². The van der Waals surface area contributed by atoms with Gasteiger partial charge in [0.15, 0.2) is 11.6 Å². The van der Waals surface area contributed by atoms with Gasteiger partial charge in [0.05, 0.1) is 22.3 Å². The molecule has 0 fully saturated rings. The molecule has 2 aromatic heterocycles. The fraction of sp³-hybridized carbons (Fsp3) is 0.0377. The summed E-state index contributed by atoms with van der Waals surface area (Å²) in [5.41, 5.74) is 12.8. The van der Waals surface area contributed by atoms with Crippen molar-refractivity contribution in [2.75, 3.05) is 0 Å². The zero-order valence-corrected chi connectivity index (χ0v) is 31.0. The molecule has 266 valence electrons. The van der Waals surface area contributed by atoms with Crippen molar-refractivity contribution in [3.05, 3.63) is 210 Å². The van der Waals surface area contributed by atoms with Crippen LogP contribution in [-0.2, 0) is 0 Å². The summed E-state index contributed by atoms with van der Waals surface area (Å²) in [6.45, 7) is 0. The predicted octanol–water partition coefficient (Wildman–Crippen LogP) is 13.1. The Bertz CT molecular complexity index is 3390. The third-order valence-electron chi connectivity index (χ3n) is 11.9. The topological polar surface area (TPSA) is 43.6 Å². The molecule has 4 heteroatoms. The first-order chi connectivity index (χ1) is 28.3. The number of hydrogen-bond acceptors (Lipinski definition) is 3. The molecule has 10 aromatic rings. The molecule has 4 nitrogen and oxygen atoms in total. The minimum atomic E-state index is 0.670. The lowest BCUT2D eigenvalue weighted by Gasteiger charge is -2.21. The van der Waals surface area contributed by atoms with E-state index in [9.17, 15) is 0 Å². The maximum atomic E-state index is 5.30. The van der Waals surface area contributed by atoms with E-state index in [2.05, 4.69) is 181 Å². The van der Waals surface area contributed by atoms with Crippen molar-refractivity contribution in [1.82, 2.24) is 19.5 Å². The lowest BCUT2D eigenvalue weighted by atomic mass is 9.85. The Kier molecular flexibility index (Phi) is 7.02. The molecule has 0 saturated carbocycles. The Balaban J connectivity index is 1.29. The van der Waals surface area contributed by atoms with Crippen LogP contribution in [-0.4, -0.2) is 19.5 Å². The van der Waals surface area contributed by atoms with Gasteiger partial charge < -0.3 is 4.57 Å². The Morgan fingerprint density at radius 1 is 0.474 bits per heavy atom. The summed E-state index contributed by atoms with van der Waals surface area (Å²) in [6, 6.07) is 57.7. The van der Waals surface area contributed by atoms with Crippen LogP contribution in [0.4, 0.5) is 0 Å². The number of benzene rings is 8. The maximum Gasteiger partial charge on any atom is 0.166 e. The van der Waals surface area contributed by atoms with Crippen LogP contribution in [0.1, 0.15) is 40.9 Å². The number of fused-ring (bicyclic) bond motifs is 3. The molecule has 0 amide bonds. The molecule has 12 rings (SSSR count).